The molecule has 0 fully saturated rings. The van der Waals surface area contributed by atoms with Crippen molar-refractivity contribution in [3.63, 3.8) is 0 Å². The minimum absolute atomic E-state index is 0.0255. The molecule has 15 heavy (non-hydrogen) atoms. The molecule has 5 heteroatoms. The second kappa shape index (κ2) is 7.62. The Labute approximate surface area is 91.9 Å². The lowest BCUT2D eigenvalue weighted by atomic mass is 10.2. The molecule has 2 atom stereocenters. The number of hydrogen-bond acceptors (Lipinski definition) is 4. The highest BCUT2D eigenvalue weighted by atomic mass is 16.5. The third-order valence-corrected chi connectivity index (χ3v) is 2.30. The fourth-order valence-corrected chi connectivity index (χ4v) is 1.05. The molecule has 3 N–H and O–H groups in total. The van der Waals surface area contributed by atoms with E-state index in [0.29, 0.717) is 19.5 Å². The minimum Gasteiger partial charge on any atom is -0.380 e. The summed E-state index contributed by atoms with van der Waals surface area (Å²) in [7, 11) is 5.15. The molecular weight excluding hydrogens is 194 g/mol. The molecule has 0 aromatic carbocycles. The van der Waals surface area contributed by atoms with Crippen LogP contribution in [-0.2, 0) is 9.53 Å². The number of nitrogens with zero attached hydrogens (tertiary/aromatic N) is 1. The lowest BCUT2D eigenvalue weighted by Gasteiger charge is -2.20. The number of nitrogens with one attached hydrogen (secondary N) is 1. The fourth-order valence-electron chi connectivity index (χ4n) is 1.05. The number of rotatable bonds is 7. The van der Waals surface area contributed by atoms with Crippen molar-refractivity contribution in [2.45, 2.75) is 25.5 Å². The van der Waals surface area contributed by atoms with Gasteiger partial charge in [-0.2, -0.15) is 0 Å². The predicted octanol–water partition coefficient (Wildman–Crippen LogP) is -0.583. The van der Waals surface area contributed by atoms with Gasteiger partial charge in [0.25, 0.3) is 0 Å². The summed E-state index contributed by atoms with van der Waals surface area (Å²) in [6, 6.07) is 0.0255. The van der Waals surface area contributed by atoms with Crippen molar-refractivity contribution in [2.75, 3.05) is 34.3 Å². The molecule has 0 radical (unpaired) electrons. The second-order valence-electron chi connectivity index (χ2n) is 3.88. The maximum Gasteiger partial charge on any atom is 0.223 e. The molecule has 1 amide bonds. The van der Waals surface area contributed by atoms with Gasteiger partial charge < -0.3 is 20.7 Å². The smallest absolute Gasteiger partial charge is 0.223 e. The molecular formula is C10H23N3O2. The molecule has 2 unspecified atom stereocenters. The van der Waals surface area contributed by atoms with Crippen LogP contribution in [0.2, 0.25) is 0 Å². The van der Waals surface area contributed by atoms with Crippen LogP contribution in [0.5, 0.6) is 0 Å². The molecule has 0 aromatic heterocycles. The van der Waals surface area contributed by atoms with Crippen LogP contribution in [0.4, 0.5) is 0 Å². The number of ether oxygens (including phenoxy) is 1. The lowest BCUT2D eigenvalue weighted by Crippen LogP contribution is -2.43. The van der Waals surface area contributed by atoms with Crippen LogP contribution in [0.25, 0.3) is 0 Å². The molecule has 0 rings (SSSR count). The second-order valence-corrected chi connectivity index (χ2v) is 3.88. The Bertz CT molecular complexity index is 186. The Balaban J connectivity index is 3.87. The van der Waals surface area contributed by atoms with Crippen LogP contribution in [-0.4, -0.2) is 57.2 Å². The molecule has 0 saturated carbocycles. The largest absolute Gasteiger partial charge is 0.380 e. The van der Waals surface area contributed by atoms with Gasteiger partial charge in [-0.1, -0.05) is 0 Å². The summed E-state index contributed by atoms with van der Waals surface area (Å²) < 4.78 is 5.10. The van der Waals surface area contributed by atoms with Crippen molar-refractivity contribution in [2.24, 2.45) is 5.73 Å². The third-order valence-electron chi connectivity index (χ3n) is 2.30. The van der Waals surface area contributed by atoms with E-state index >= 15 is 0 Å². The van der Waals surface area contributed by atoms with Crippen LogP contribution < -0.4 is 11.1 Å². The Morgan fingerprint density at radius 2 is 2.13 bits per heavy atom. The summed E-state index contributed by atoms with van der Waals surface area (Å²) in [5.41, 5.74) is 5.57. The zero-order valence-corrected chi connectivity index (χ0v) is 10.1. The molecule has 90 valence electrons. The highest BCUT2D eigenvalue weighted by Gasteiger charge is 2.13. The number of methoxy groups -OCH3 is 1. The van der Waals surface area contributed by atoms with E-state index < -0.39 is 0 Å². The third kappa shape index (κ3) is 6.43. The number of carbonyl (C=O) groups excluding carboxylic acids is 1. The van der Waals surface area contributed by atoms with Gasteiger partial charge in [-0.05, 0) is 6.92 Å². The molecule has 0 spiro atoms. The quantitative estimate of drug-likeness (QED) is 0.598. The standard InChI is InChI=1S/C10H23N3O2/c1-8(15-4)7-12-9(6-11)5-10(14)13(2)3/h8-9,12H,5-7,11H2,1-4H3. The molecule has 0 aliphatic carbocycles. The molecule has 0 aliphatic heterocycles. The van der Waals surface area contributed by atoms with E-state index in [0.717, 1.165) is 0 Å². The van der Waals surface area contributed by atoms with Gasteiger partial charge in [0.15, 0.2) is 0 Å². The van der Waals surface area contributed by atoms with Crippen LogP contribution >= 0.6 is 0 Å². The van der Waals surface area contributed by atoms with Gasteiger partial charge in [0.1, 0.15) is 0 Å². The first-order chi connectivity index (χ1) is 7.01. The number of amides is 1. The maximum atomic E-state index is 11.4. The van der Waals surface area contributed by atoms with Crippen LogP contribution in [0.1, 0.15) is 13.3 Å². The molecule has 0 saturated heterocycles. The summed E-state index contributed by atoms with van der Waals surface area (Å²) in [6.07, 6.45) is 0.563. The van der Waals surface area contributed by atoms with Crippen LogP contribution in [0.15, 0.2) is 0 Å². The van der Waals surface area contributed by atoms with Crippen molar-refractivity contribution in [1.82, 2.24) is 10.2 Å². The first kappa shape index (κ1) is 14.3. The van der Waals surface area contributed by atoms with Gasteiger partial charge in [0, 0.05) is 46.8 Å². The molecule has 0 bridgehead atoms. The summed E-state index contributed by atoms with van der Waals surface area (Å²) in [6.45, 7) is 3.13. The van der Waals surface area contributed by atoms with E-state index in [-0.39, 0.29) is 18.1 Å². The van der Waals surface area contributed by atoms with Gasteiger partial charge in [-0.15, -0.1) is 0 Å². The SMILES string of the molecule is COC(C)CNC(CN)CC(=O)N(C)C. The monoisotopic (exact) mass is 217 g/mol. The van der Waals surface area contributed by atoms with E-state index in [4.69, 9.17) is 10.5 Å². The molecule has 0 aromatic rings. The molecule has 0 aliphatic rings. The molecule has 0 heterocycles. The molecule has 5 nitrogen and oxygen atoms in total. The van der Waals surface area contributed by atoms with Crippen molar-refractivity contribution in [1.29, 1.82) is 0 Å². The van der Waals surface area contributed by atoms with Gasteiger partial charge in [-0.25, -0.2) is 0 Å². The first-order valence-corrected chi connectivity index (χ1v) is 5.17. The van der Waals surface area contributed by atoms with Gasteiger partial charge >= 0.3 is 0 Å². The van der Waals surface area contributed by atoms with Gasteiger partial charge in [-0.3, -0.25) is 4.79 Å². The average Bonchev–Trinajstić information content (AvgIpc) is 2.22. The normalized spacial score (nSPS) is 14.7. The van der Waals surface area contributed by atoms with Crippen molar-refractivity contribution < 1.29 is 9.53 Å². The van der Waals surface area contributed by atoms with Crippen LogP contribution in [0, 0.1) is 0 Å². The van der Waals surface area contributed by atoms with E-state index in [1.807, 2.05) is 6.92 Å². The summed E-state index contributed by atoms with van der Waals surface area (Å²) in [5, 5.41) is 3.21. The van der Waals surface area contributed by atoms with E-state index in [9.17, 15) is 4.79 Å². The Morgan fingerprint density at radius 1 is 1.53 bits per heavy atom. The zero-order valence-electron chi connectivity index (χ0n) is 10.1. The van der Waals surface area contributed by atoms with E-state index in [2.05, 4.69) is 5.32 Å². The zero-order chi connectivity index (χ0) is 11.8. The van der Waals surface area contributed by atoms with Crippen molar-refractivity contribution in [3.8, 4) is 0 Å². The number of carbonyl (C=O) groups is 1. The summed E-state index contributed by atoms with van der Waals surface area (Å²) in [4.78, 5) is 13.0. The van der Waals surface area contributed by atoms with Gasteiger partial charge in [0.2, 0.25) is 5.91 Å². The fraction of sp³-hybridized carbons (Fsp3) is 0.900. The highest BCUT2D eigenvalue weighted by molar-refractivity contribution is 5.76. The maximum absolute atomic E-state index is 11.4. The highest BCUT2D eigenvalue weighted by Crippen LogP contribution is 1.95. The Morgan fingerprint density at radius 3 is 2.53 bits per heavy atom. The topological polar surface area (TPSA) is 67.6 Å². The van der Waals surface area contributed by atoms with E-state index in [1.54, 1.807) is 26.1 Å². The predicted molar refractivity (Wildman–Crippen MR) is 60.6 cm³/mol. The summed E-state index contributed by atoms with van der Waals surface area (Å²) in [5.74, 6) is 0.0861. The Hall–Kier alpha value is -0.650. The van der Waals surface area contributed by atoms with Gasteiger partial charge in [0.05, 0.1) is 6.10 Å². The number of nitrogens with two attached hydrogens (primary N) is 1. The number of hydrogen-bond donors (Lipinski definition) is 2. The van der Waals surface area contributed by atoms with E-state index in [1.165, 1.54) is 0 Å². The van der Waals surface area contributed by atoms with Crippen LogP contribution in [0.3, 0.4) is 0 Å². The lowest BCUT2D eigenvalue weighted by molar-refractivity contribution is -0.129. The average molecular weight is 217 g/mol. The van der Waals surface area contributed by atoms with Crippen molar-refractivity contribution in [3.05, 3.63) is 0 Å². The van der Waals surface area contributed by atoms with Crippen molar-refractivity contribution >= 4 is 5.91 Å². The Kier molecular flexibility index (Phi) is 7.29. The summed E-state index contributed by atoms with van der Waals surface area (Å²) >= 11 is 0. The first-order valence-electron chi connectivity index (χ1n) is 5.17. The minimum atomic E-state index is 0.0255.